The first kappa shape index (κ1) is 13.0. The molecule has 0 aliphatic heterocycles. The lowest BCUT2D eigenvalue weighted by Gasteiger charge is -2.16. The van der Waals surface area contributed by atoms with Gasteiger partial charge >= 0.3 is 6.18 Å². The molecule has 0 aromatic carbocycles. The molecule has 0 saturated heterocycles. The van der Waals surface area contributed by atoms with Crippen molar-refractivity contribution in [2.45, 2.75) is 12.2 Å². The van der Waals surface area contributed by atoms with Gasteiger partial charge in [0, 0.05) is 21.3 Å². The van der Waals surface area contributed by atoms with Gasteiger partial charge in [0.05, 0.1) is 12.6 Å². The van der Waals surface area contributed by atoms with Gasteiger partial charge in [0.2, 0.25) is 0 Å². The molecule has 86 valence electrons. The summed E-state index contributed by atoms with van der Waals surface area (Å²) in [6.45, 7) is -0.882. The van der Waals surface area contributed by atoms with Gasteiger partial charge in [0.1, 0.15) is 0 Å². The van der Waals surface area contributed by atoms with E-state index < -0.39 is 18.8 Å². The predicted octanol–water partition coefficient (Wildman–Crippen LogP) is 2.66. The monoisotopic (exact) mass is 302 g/mol. The Bertz CT molecular complexity index is 313. The standard InChI is InChI=1S/C8H10BrF3N2S/c9-5-1-7(15-3-5)6(2-13)14-4-8(10,11)12/h1,3,6,14H,2,4,13H2. The quantitative estimate of drug-likeness (QED) is 0.897. The number of rotatable bonds is 4. The minimum atomic E-state index is -4.21. The lowest BCUT2D eigenvalue weighted by Crippen LogP contribution is -2.35. The Balaban J connectivity index is 2.57. The first-order valence-corrected chi connectivity index (χ1v) is 5.84. The van der Waals surface area contributed by atoms with Crippen molar-refractivity contribution in [2.24, 2.45) is 5.73 Å². The second-order valence-corrected chi connectivity index (χ2v) is 4.81. The van der Waals surface area contributed by atoms with Crippen LogP contribution in [0.25, 0.3) is 0 Å². The summed E-state index contributed by atoms with van der Waals surface area (Å²) in [7, 11) is 0. The molecule has 0 spiro atoms. The Morgan fingerprint density at radius 3 is 2.60 bits per heavy atom. The van der Waals surface area contributed by atoms with E-state index >= 15 is 0 Å². The van der Waals surface area contributed by atoms with Crippen LogP contribution in [0.5, 0.6) is 0 Å². The summed E-state index contributed by atoms with van der Waals surface area (Å²) in [6.07, 6.45) is -4.21. The van der Waals surface area contributed by atoms with E-state index in [2.05, 4.69) is 21.2 Å². The van der Waals surface area contributed by atoms with Crippen molar-refractivity contribution in [3.8, 4) is 0 Å². The summed E-state index contributed by atoms with van der Waals surface area (Å²) in [5.41, 5.74) is 5.40. The van der Waals surface area contributed by atoms with Crippen LogP contribution >= 0.6 is 27.3 Å². The summed E-state index contributed by atoms with van der Waals surface area (Å²) in [4.78, 5) is 0.800. The first-order valence-electron chi connectivity index (χ1n) is 4.16. The Hall–Kier alpha value is -0.110. The Morgan fingerprint density at radius 2 is 2.20 bits per heavy atom. The molecular weight excluding hydrogens is 293 g/mol. The summed E-state index contributed by atoms with van der Waals surface area (Å²) in [6, 6.07) is 1.33. The zero-order valence-corrected chi connectivity index (χ0v) is 10.0. The number of thiophene rings is 1. The van der Waals surface area contributed by atoms with E-state index in [1.807, 2.05) is 5.38 Å². The van der Waals surface area contributed by atoms with Crippen LogP contribution in [0.1, 0.15) is 10.9 Å². The minimum absolute atomic E-state index is 0.142. The van der Waals surface area contributed by atoms with Gasteiger partial charge in [-0.25, -0.2) is 0 Å². The second-order valence-electron chi connectivity index (χ2n) is 2.95. The molecule has 1 rings (SSSR count). The molecule has 0 saturated carbocycles. The molecule has 0 bridgehead atoms. The van der Waals surface area contributed by atoms with Gasteiger partial charge in [-0.15, -0.1) is 11.3 Å². The largest absolute Gasteiger partial charge is 0.401 e. The highest BCUT2D eigenvalue weighted by Gasteiger charge is 2.28. The normalized spacial score (nSPS) is 14.2. The van der Waals surface area contributed by atoms with E-state index in [4.69, 9.17) is 5.73 Å². The van der Waals surface area contributed by atoms with E-state index in [9.17, 15) is 13.2 Å². The van der Waals surface area contributed by atoms with Crippen LogP contribution in [0.4, 0.5) is 13.2 Å². The lowest BCUT2D eigenvalue weighted by atomic mass is 10.2. The van der Waals surface area contributed by atoms with Gasteiger partial charge in [0.25, 0.3) is 0 Å². The molecule has 1 atom stereocenters. The molecule has 3 N–H and O–H groups in total. The number of halogens is 4. The average molecular weight is 303 g/mol. The number of nitrogens with one attached hydrogen (secondary N) is 1. The molecule has 0 aliphatic rings. The van der Waals surface area contributed by atoms with E-state index in [1.54, 1.807) is 6.07 Å². The number of hydrogen-bond acceptors (Lipinski definition) is 3. The lowest BCUT2D eigenvalue weighted by molar-refractivity contribution is -0.126. The summed E-state index contributed by atoms with van der Waals surface area (Å²) in [5.74, 6) is 0. The van der Waals surface area contributed by atoms with E-state index in [1.165, 1.54) is 11.3 Å². The van der Waals surface area contributed by atoms with Crippen LogP contribution in [0.15, 0.2) is 15.9 Å². The van der Waals surface area contributed by atoms with Gasteiger partial charge in [-0.3, -0.25) is 5.32 Å². The van der Waals surface area contributed by atoms with E-state index in [0.717, 1.165) is 9.35 Å². The van der Waals surface area contributed by atoms with E-state index in [-0.39, 0.29) is 6.54 Å². The molecule has 0 aliphatic carbocycles. The van der Waals surface area contributed by atoms with Crippen LogP contribution in [-0.2, 0) is 0 Å². The molecular formula is C8H10BrF3N2S. The van der Waals surface area contributed by atoms with Crippen molar-refractivity contribution >= 4 is 27.3 Å². The molecule has 1 unspecified atom stereocenters. The molecule has 1 aromatic heterocycles. The highest BCUT2D eigenvalue weighted by molar-refractivity contribution is 9.10. The molecule has 7 heteroatoms. The van der Waals surface area contributed by atoms with Crippen molar-refractivity contribution in [2.75, 3.05) is 13.1 Å². The van der Waals surface area contributed by atoms with Crippen LogP contribution in [-0.4, -0.2) is 19.3 Å². The topological polar surface area (TPSA) is 38.0 Å². The number of nitrogens with two attached hydrogens (primary N) is 1. The fourth-order valence-electron chi connectivity index (χ4n) is 1.05. The van der Waals surface area contributed by atoms with Crippen LogP contribution in [0, 0.1) is 0 Å². The summed E-state index contributed by atoms with van der Waals surface area (Å²) in [5, 5.41) is 4.19. The molecule has 1 aromatic rings. The highest BCUT2D eigenvalue weighted by atomic mass is 79.9. The van der Waals surface area contributed by atoms with E-state index in [0.29, 0.717) is 0 Å². The molecule has 15 heavy (non-hydrogen) atoms. The van der Waals surface area contributed by atoms with Crippen LogP contribution < -0.4 is 11.1 Å². The van der Waals surface area contributed by atoms with Crippen molar-refractivity contribution in [1.82, 2.24) is 5.32 Å². The maximum Gasteiger partial charge on any atom is 0.401 e. The average Bonchev–Trinajstić information content (AvgIpc) is 2.51. The molecule has 2 nitrogen and oxygen atoms in total. The third-order valence-electron chi connectivity index (χ3n) is 1.72. The van der Waals surface area contributed by atoms with Crippen LogP contribution in [0.3, 0.4) is 0 Å². The Morgan fingerprint density at radius 1 is 1.53 bits per heavy atom. The van der Waals surface area contributed by atoms with Crippen molar-refractivity contribution in [1.29, 1.82) is 0 Å². The zero-order chi connectivity index (χ0) is 11.5. The van der Waals surface area contributed by atoms with Crippen molar-refractivity contribution in [3.05, 3.63) is 20.8 Å². The molecule has 1 heterocycles. The fraction of sp³-hybridized carbons (Fsp3) is 0.500. The Labute approximate surface area is 97.8 Å². The summed E-state index contributed by atoms with van der Waals surface area (Å²) < 4.78 is 36.7. The second kappa shape index (κ2) is 5.29. The molecule has 0 fully saturated rings. The number of hydrogen-bond donors (Lipinski definition) is 2. The fourth-order valence-corrected chi connectivity index (χ4v) is 2.58. The zero-order valence-electron chi connectivity index (χ0n) is 7.64. The van der Waals surface area contributed by atoms with Crippen molar-refractivity contribution < 1.29 is 13.2 Å². The summed E-state index contributed by atoms with van der Waals surface area (Å²) >= 11 is 4.62. The van der Waals surface area contributed by atoms with Gasteiger partial charge < -0.3 is 5.73 Å². The number of alkyl halides is 3. The van der Waals surface area contributed by atoms with Gasteiger partial charge in [0.15, 0.2) is 0 Å². The van der Waals surface area contributed by atoms with Crippen molar-refractivity contribution in [3.63, 3.8) is 0 Å². The highest BCUT2D eigenvalue weighted by Crippen LogP contribution is 2.25. The molecule has 0 amide bonds. The smallest absolute Gasteiger partial charge is 0.329 e. The SMILES string of the molecule is NCC(NCC(F)(F)F)c1cc(Br)cs1. The van der Waals surface area contributed by atoms with Gasteiger partial charge in [-0.2, -0.15) is 13.2 Å². The molecule has 0 radical (unpaired) electrons. The van der Waals surface area contributed by atoms with Gasteiger partial charge in [-0.1, -0.05) is 0 Å². The maximum absolute atomic E-state index is 12.0. The third kappa shape index (κ3) is 4.50. The first-order chi connectivity index (χ1) is 6.92. The third-order valence-corrected chi connectivity index (χ3v) is 3.52. The Kier molecular flexibility index (Phi) is 4.57. The maximum atomic E-state index is 12.0. The predicted molar refractivity (Wildman–Crippen MR) is 57.9 cm³/mol. The van der Waals surface area contributed by atoms with Crippen LogP contribution in [0.2, 0.25) is 0 Å². The minimum Gasteiger partial charge on any atom is -0.329 e. The van der Waals surface area contributed by atoms with Gasteiger partial charge in [-0.05, 0) is 22.0 Å².